The highest BCUT2D eigenvalue weighted by Gasteiger charge is 2.39. The van der Waals surface area contributed by atoms with Crippen molar-refractivity contribution in [1.82, 2.24) is 5.32 Å². The molecular weight excluding hydrogens is 214 g/mol. The average molecular weight is 239 g/mol. The molecule has 1 N–H and O–H groups in total. The lowest BCUT2D eigenvalue weighted by Gasteiger charge is -2.35. The molecule has 0 saturated heterocycles. The summed E-state index contributed by atoms with van der Waals surface area (Å²) < 4.78 is 4.91. The van der Waals surface area contributed by atoms with E-state index >= 15 is 0 Å². The van der Waals surface area contributed by atoms with Crippen LogP contribution < -0.4 is 5.32 Å². The van der Waals surface area contributed by atoms with E-state index in [0.717, 1.165) is 5.92 Å². The van der Waals surface area contributed by atoms with Gasteiger partial charge in [-0.2, -0.15) is 0 Å². The lowest BCUT2D eigenvalue weighted by molar-refractivity contribution is -0.144. The Morgan fingerprint density at radius 1 is 1.24 bits per heavy atom. The van der Waals surface area contributed by atoms with Crippen molar-refractivity contribution in [2.45, 2.75) is 58.0 Å². The van der Waals surface area contributed by atoms with Crippen molar-refractivity contribution in [3.05, 3.63) is 0 Å². The van der Waals surface area contributed by atoms with Crippen molar-refractivity contribution in [3.8, 4) is 0 Å². The van der Waals surface area contributed by atoms with Gasteiger partial charge in [0, 0.05) is 6.04 Å². The van der Waals surface area contributed by atoms with Crippen LogP contribution in [0.1, 0.15) is 46.0 Å². The van der Waals surface area contributed by atoms with Crippen molar-refractivity contribution >= 4 is 5.97 Å². The summed E-state index contributed by atoms with van der Waals surface area (Å²) in [5, 5.41) is 3.56. The zero-order chi connectivity index (χ0) is 12.4. The number of ether oxygens (including phenoxy) is 1. The van der Waals surface area contributed by atoms with Gasteiger partial charge in [-0.25, -0.2) is 0 Å². The highest BCUT2D eigenvalue weighted by atomic mass is 16.5. The quantitative estimate of drug-likeness (QED) is 0.765. The molecule has 2 aliphatic rings. The van der Waals surface area contributed by atoms with Gasteiger partial charge in [-0.15, -0.1) is 0 Å². The van der Waals surface area contributed by atoms with E-state index in [1.807, 2.05) is 0 Å². The maximum atomic E-state index is 11.8. The van der Waals surface area contributed by atoms with Gasteiger partial charge < -0.3 is 10.1 Å². The molecule has 0 amide bonds. The maximum absolute atomic E-state index is 11.8. The van der Waals surface area contributed by atoms with E-state index in [9.17, 15) is 4.79 Å². The first-order chi connectivity index (χ1) is 8.11. The first-order valence-corrected chi connectivity index (χ1v) is 6.95. The number of hydrogen-bond acceptors (Lipinski definition) is 3. The number of esters is 1. The Bertz CT molecular complexity index is 275. The number of hydrogen-bond donors (Lipinski definition) is 1. The smallest absolute Gasteiger partial charge is 0.323 e. The van der Waals surface area contributed by atoms with Crippen LogP contribution in [0.3, 0.4) is 0 Å². The zero-order valence-electron chi connectivity index (χ0n) is 11.2. The third kappa shape index (κ3) is 3.21. The summed E-state index contributed by atoms with van der Waals surface area (Å²) in [7, 11) is 1.49. The average Bonchev–Trinajstić information content (AvgIpc) is 3.11. The van der Waals surface area contributed by atoms with E-state index in [1.165, 1.54) is 39.2 Å². The Labute approximate surface area is 104 Å². The molecule has 17 heavy (non-hydrogen) atoms. The summed E-state index contributed by atoms with van der Waals surface area (Å²) in [5.41, 5.74) is 0. The molecule has 3 nitrogen and oxygen atoms in total. The number of carbonyl (C=O) groups excluding carboxylic acids is 1. The van der Waals surface area contributed by atoms with Crippen molar-refractivity contribution in [2.24, 2.45) is 17.8 Å². The minimum Gasteiger partial charge on any atom is -0.468 e. The summed E-state index contributed by atoms with van der Waals surface area (Å²) in [4.78, 5) is 11.8. The lowest BCUT2D eigenvalue weighted by Crippen LogP contribution is -2.49. The first-order valence-electron chi connectivity index (χ1n) is 6.95. The molecule has 0 aliphatic heterocycles. The molecule has 0 heterocycles. The summed E-state index contributed by atoms with van der Waals surface area (Å²) in [6.45, 7) is 4.62. The summed E-state index contributed by atoms with van der Waals surface area (Å²) in [6, 6.07) is 0.441. The van der Waals surface area contributed by atoms with Crippen LogP contribution in [0.2, 0.25) is 0 Å². The molecule has 3 heteroatoms. The van der Waals surface area contributed by atoms with Crippen LogP contribution in [0, 0.1) is 17.8 Å². The zero-order valence-corrected chi connectivity index (χ0v) is 11.2. The van der Waals surface area contributed by atoms with E-state index in [0.29, 0.717) is 17.9 Å². The van der Waals surface area contributed by atoms with Crippen LogP contribution in [-0.4, -0.2) is 25.2 Å². The third-order valence-corrected chi connectivity index (χ3v) is 4.37. The van der Waals surface area contributed by atoms with Gasteiger partial charge in [-0.1, -0.05) is 13.8 Å². The molecule has 98 valence electrons. The number of rotatable bonds is 4. The molecule has 2 fully saturated rings. The second-order valence-corrected chi connectivity index (χ2v) is 6.01. The highest BCUT2D eigenvalue weighted by molar-refractivity contribution is 5.76. The minimum absolute atomic E-state index is 0.0548. The largest absolute Gasteiger partial charge is 0.468 e. The predicted molar refractivity (Wildman–Crippen MR) is 67.6 cm³/mol. The summed E-state index contributed by atoms with van der Waals surface area (Å²) in [5.74, 6) is 1.96. The summed E-state index contributed by atoms with van der Waals surface area (Å²) in [6.07, 6.45) is 6.09. The fourth-order valence-corrected chi connectivity index (χ4v) is 3.10. The van der Waals surface area contributed by atoms with Gasteiger partial charge in [-0.3, -0.25) is 4.79 Å². The molecule has 0 radical (unpaired) electrons. The fraction of sp³-hybridized carbons (Fsp3) is 0.929. The van der Waals surface area contributed by atoms with E-state index < -0.39 is 0 Å². The van der Waals surface area contributed by atoms with Crippen LogP contribution in [-0.2, 0) is 9.53 Å². The molecule has 0 aromatic carbocycles. The predicted octanol–water partition coefficient (Wildman–Crippen LogP) is 2.35. The lowest BCUT2D eigenvalue weighted by atomic mass is 9.79. The SMILES string of the molecule is COC(=O)C(NC1CCC(C)CC1C)C1CC1. The molecule has 4 unspecified atom stereocenters. The molecule has 0 bridgehead atoms. The van der Waals surface area contributed by atoms with Crippen LogP contribution >= 0.6 is 0 Å². The van der Waals surface area contributed by atoms with Crippen molar-refractivity contribution in [2.75, 3.05) is 7.11 Å². The van der Waals surface area contributed by atoms with E-state index in [2.05, 4.69) is 19.2 Å². The molecule has 0 spiro atoms. The second kappa shape index (κ2) is 5.38. The van der Waals surface area contributed by atoms with Gasteiger partial charge in [0.25, 0.3) is 0 Å². The molecular formula is C14H25NO2. The number of nitrogens with one attached hydrogen (secondary N) is 1. The van der Waals surface area contributed by atoms with E-state index in [4.69, 9.17) is 4.74 Å². The Hall–Kier alpha value is -0.570. The molecule has 2 rings (SSSR count). The molecule has 4 atom stereocenters. The van der Waals surface area contributed by atoms with Crippen molar-refractivity contribution in [3.63, 3.8) is 0 Å². The highest BCUT2D eigenvalue weighted by Crippen LogP contribution is 2.35. The fourth-order valence-electron chi connectivity index (χ4n) is 3.10. The van der Waals surface area contributed by atoms with Crippen LogP contribution in [0.5, 0.6) is 0 Å². The van der Waals surface area contributed by atoms with Gasteiger partial charge in [-0.05, 0) is 49.9 Å². The van der Waals surface area contributed by atoms with E-state index in [1.54, 1.807) is 0 Å². The normalized spacial score (nSPS) is 35.4. The van der Waals surface area contributed by atoms with Crippen LogP contribution in [0.4, 0.5) is 0 Å². The topological polar surface area (TPSA) is 38.3 Å². The third-order valence-electron chi connectivity index (χ3n) is 4.37. The first kappa shape index (κ1) is 12.9. The number of carbonyl (C=O) groups is 1. The molecule has 2 saturated carbocycles. The Morgan fingerprint density at radius 2 is 1.94 bits per heavy atom. The molecule has 2 aliphatic carbocycles. The monoisotopic (exact) mass is 239 g/mol. The van der Waals surface area contributed by atoms with E-state index in [-0.39, 0.29) is 12.0 Å². The van der Waals surface area contributed by atoms with Gasteiger partial charge in [0.2, 0.25) is 0 Å². The Kier molecular flexibility index (Phi) is 4.08. The Balaban J connectivity index is 1.91. The standard InChI is InChI=1S/C14H25NO2/c1-9-4-7-12(10(2)8-9)15-13(11-5-6-11)14(16)17-3/h9-13,15H,4-8H2,1-3H3. The minimum atomic E-state index is -0.0710. The number of methoxy groups -OCH3 is 1. The molecule has 0 aromatic heterocycles. The van der Waals surface area contributed by atoms with Gasteiger partial charge in [0.15, 0.2) is 0 Å². The maximum Gasteiger partial charge on any atom is 0.323 e. The van der Waals surface area contributed by atoms with Gasteiger partial charge in [0.05, 0.1) is 7.11 Å². The van der Waals surface area contributed by atoms with Crippen LogP contribution in [0.25, 0.3) is 0 Å². The Morgan fingerprint density at radius 3 is 2.47 bits per heavy atom. The van der Waals surface area contributed by atoms with Crippen molar-refractivity contribution < 1.29 is 9.53 Å². The summed E-state index contributed by atoms with van der Waals surface area (Å²) >= 11 is 0. The molecule has 0 aromatic rings. The van der Waals surface area contributed by atoms with Gasteiger partial charge >= 0.3 is 5.97 Å². The second-order valence-electron chi connectivity index (χ2n) is 6.01. The van der Waals surface area contributed by atoms with Crippen molar-refractivity contribution in [1.29, 1.82) is 0 Å². The van der Waals surface area contributed by atoms with Gasteiger partial charge in [0.1, 0.15) is 6.04 Å². The van der Waals surface area contributed by atoms with Crippen LogP contribution in [0.15, 0.2) is 0 Å².